The minimum absolute atomic E-state index is 0.0703. The zero-order chi connectivity index (χ0) is 20.0. The van der Waals surface area contributed by atoms with Crippen LogP contribution in [0.3, 0.4) is 0 Å². The largest absolute Gasteiger partial charge is 0.493 e. The van der Waals surface area contributed by atoms with Crippen molar-refractivity contribution in [1.82, 2.24) is 4.90 Å². The summed E-state index contributed by atoms with van der Waals surface area (Å²) in [6.45, 7) is 11.4. The Labute approximate surface area is 162 Å². The van der Waals surface area contributed by atoms with Crippen LogP contribution in [0, 0.1) is 11.8 Å². The van der Waals surface area contributed by atoms with E-state index in [1.807, 2.05) is 45.0 Å². The van der Waals surface area contributed by atoms with Crippen molar-refractivity contribution < 1.29 is 19.1 Å². The number of anilines is 1. The summed E-state index contributed by atoms with van der Waals surface area (Å²) < 4.78 is 11.1. The predicted octanol–water partition coefficient (Wildman–Crippen LogP) is 4.31. The Bertz CT molecular complexity index is 635. The third kappa shape index (κ3) is 7.12. The number of piperidine rings is 1. The number of hydrogen-bond donors (Lipinski definition) is 1. The molecule has 1 unspecified atom stereocenters. The van der Waals surface area contributed by atoms with E-state index in [1.165, 1.54) is 0 Å². The second kappa shape index (κ2) is 9.11. The van der Waals surface area contributed by atoms with Gasteiger partial charge >= 0.3 is 6.09 Å². The zero-order valence-electron chi connectivity index (χ0n) is 17.1. The van der Waals surface area contributed by atoms with E-state index in [2.05, 4.69) is 19.2 Å². The summed E-state index contributed by atoms with van der Waals surface area (Å²) in [5.74, 6) is 0.946. The van der Waals surface area contributed by atoms with Gasteiger partial charge in [-0.15, -0.1) is 0 Å². The lowest BCUT2D eigenvalue weighted by molar-refractivity contribution is -0.121. The van der Waals surface area contributed by atoms with E-state index in [0.29, 0.717) is 25.6 Å². The minimum Gasteiger partial charge on any atom is -0.493 e. The Kier molecular flexibility index (Phi) is 7.11. The van der Waals surface area contributed by atoms with Crippen molar-refractivity contribution in [2.75, 3.05) is 25.0 Å². The number of amides is 2. The van der Waals surface area contributed by atoms with Crippen LogP contribution in [-0.2, 0) is 9.53 Å². The van der Waals surface area contributed by atoms with Crippen molar-refractivity contribution in [3.63, 3.8) is 0 Å². The summed E-state index contributed by atoms with van der Waals surface area (Å²) in [7, 11) is 0. The quantitative estimate of drug-likeness (QED) is 0.832. The van der Waals surface area contributed by atoms with Crippen molar-refractivity contribution in [2.45, 2.75) is 53.1 Å². The fourth-order valence-electron chi connectivity index (χ4n) is 2.83. The molecule has 0 radical (unpaired) electrons. The van der Waals surface area contributed by atoms with Crippen LogP contribution in [0.4, 0.5) is 10.5 Å². The minimum atomic E-state index is -0.536. The summed E-state index contributed by atoms with van der Waals surface area (Å²) in [4.78, 5) is 26.5. The Morgan fingerprint density at radius 3 is 2.48 bits per heavy atom. The molecule has 6 heteroatoms. The van der Waals surface area contributed by atoms with E-state index in [-0.39, 0.29) is 17.9 Å². The van der Waals surface area contributed by atoms with E-state index in [4.69, 9.17) is 9.47 Å². The molecular weight excluding hydrogens is 344 g/mol. The molecule has 1 aliphatic rings. The maximum atomic E-state index is 12.6. The van der Waals surface area contributed by atoms with Gasteiger partial charge in [0.1, 0.15) is 11.4 Å². The molecule has 1 fully saturated rings. The molecule has 1 N–H and O–H groups in total. The number of nitrogens with one attached hydrogen (secondary N) is 1. The highest BCUT2D eigenvalue weighted by Crippen LogP contribution is 2.22. The zero-order valence-corrected chi connectivity index (χ0v) is 17.1. The van der Waals surface area contributed by atoms with Gasteiger partial charge in [0.15, 0.2) is 0 Å². The highest BCUT2D eigenvalue weighted by molar-refractivity contribution is 5.93. The van der Waals surface area contributed by atoms with Gasteiger partial charge in [0.05, 0.1) is 12.5 Å². The van der Waals surface area contributed by atoms with Crippen LogP contribution >= 0.6 is 0 Å². The Morgan fingerprint density at radius 1 is 1.22 bits per heavy atom. The van der Waals surface area contributed by atoms with Crippen molar-refractivity contribution in [3.05, 3.63) is 24.3 Å². The van der Waals surface area contributed by atoms with Gasteiger partial charge in [-0.25, -0.2) is 4.79 Å². The topological polar surface area (TPSA) is 67.9 Å². The summed E-state index contributed by atoms with van der Waals surface area (Å²) in [5.41, 5.74) is 0.192. The van der Waals surface area contributed by atoms with E-state index < -0.39 is 5.60 Å². The van der Waals surface area contributed by atoms with Crippen molar-refractivity contribution in [2.24, 2.45) is 11.8 Å². The number of benzene rings is 1. The number of likely N-dealkylation sites (tertiary alicyclic amines) is 1. The summed E-state index contributed by atoms with van der Waals surface area (Å²) in [6, 6.07) is 7.38. The van der Waals surface area contributed by atoms with Crippen LogP contribution in [0.25, 0.3) is 0 Å². The van der Waals surface area contributed by atoms with Crippen LogP contribution in [0.5, 0.6) is 5.75 Å². The van der Waals surface area contributed by atoms with Crippen LogP contribution < -0.4 is 10.1 Å². The lowest BCUT2D eigenvalue weighted by Crippen LogP contribution is -2.45. The third-order valence-corrected chi connectivity index (χ3v) is 4.15. The Morgan fingerprint density at radius 2 is 1.89 bits per heavy atom. The van der Waals surface area contributed by atoms with E-state index in [1.54, 1.807) is 4.90 Å². The fraction of sp³-hybridized carbons (Fsp3) is 0.619. The second-order valence-corrected chi connectivity index (χ2v) is 8.48. The molecular formula is C21H32N2O4. The number of carbonyl (C=O) groups excluding carboxylic acids is 2. The average molecular weight is 376 g/mol. The first-order valence-electron chi connectivity index (χ1n) is 9.65. The summed E-state index contributed by atoms with van der Waals surface area (Å²) in [5, 5.41) is 2.94. The molecule has 1 aromatic carbocycles. The van der Waals surface area contributed by atoms with Gasteiger partial charge in [-0.05, 0) is 63.8 Å². The molecule has 2 rings (SSSR count). The molecule has 1 aromatic rings. The monoisotopic (exact) mass is 376 g/mol. The molecule has 1 saturated heterocycles. The van der Waals surface area contributed by atoms with Crippen molar-refractivity contribution >= 4 is 17.7 Å². The molecule has 1 atom stereocenters. The smallest absolute Gasteiger partial charge is 0.410 e. The molecule has 0 aromatic heterocycles. The normalized spacial score (nSPS) is 17.6. The number of hydrogen-bond acceptors (Lipinski definition) is 4. The first-order chi connectivity index (χ1) is 12.6. The maximum Gasteiger partial charge on any atom is 0.410 e. The first kappa shape index (κ1) is 21.1. The lowest BCUT2D eigenvalue weighted by atomic mass is 9.97. The highest BCUT2D eigenvalue weighted by atomic mass is 16.6. The van der Waals surface area contributed by atoms with E-state index in [9.17, 15) is 9.59 Å². The highest BCUT2D eigenvalue weighted by Gasteiger charge is 2.31. The van der Waals surface area contributed by atoms with Gasteiger partial charge in [0.25, 0.3) is 0 Å². The molecule has 0 saturated carbocycles. The van der Waals surface area contributed by atoms with Gasteiger partial charge in [-0.2, -0.15) is 0 Å². The SMILES string of the molecule is CC(C)COc1ccc(NC(=O)C2CCCN(C(=O)OC(C)(C)C)C2)cc1. The fourth-order valence-corrected chi connectivity index (χ4v) is 2.83. The molecule has 1 aliphatic heterocycles. The Balaban J connectivity index is 1.88. The van der Waals surface area contributed by atoms with Crippen LogP contribution in [-0.4, -0.2) is 42.2 Å². The summed E-state index contributed by atoms with van der Waals surface area (Å²) >= 11 is 0. The second-order valence-electron chi connectivity index (χ2n) is 8.48. The van der Waals surface area contributed by atoms with E-state index in [0.717, 1.165) is 24.3 Å². The van der Waals surface area contributed by atoms with Gasteiger partial charge in [-0.1, -0.05) is 13.8 Å². The summed E-state index contributed by atoms with van der Waals surface area (Å²) in [6.07, 6.45) is 1.20. The third-order valence-electron chi connectivity index (χ3n) is 4.15. The number of carbonyl (C=O) groups is 2. The van der Waals surface area contributed by atoms with Crippen LogP contribution in [0.15, 0.2) is 24.3 Å². The van der Waals surface area contributed by atoms with Gasteiger partial charge in [-0.3, -0.25) is 4.79 Å². The average Bonchev–Trinajstić information content (AvgIpc) is 2.59. The van der Waals surface area contributed by atoms with Gasteiger partial charge in [0.2, 0.25) is 5.91 Å². The van der Waals surface area contributed by atoms with Crippen LogP contribution in [0.2, 0.25) is 0 Å². The molecule has 150 valence electrons. The molecule has 27 heavy (non-hydrogen) atoms. The maximum absolute atomic E-state index is 12.6. The molecule has 6 nitrogen and oxygen atoms in total. The first-order valence-corrected chi connectivity index (χ1v) is 9.65. The number of rotatable bonds is 5. The van der Waals surface area contributed by atoms with Gasteiger partial charge in [0, 0.05) is 18.8 Å². The lowest BCUT2D eigenvalue weighted by Gasteiger charge is -2.33. The predicted molar refractivity (Wildman–Crippen MR) is 106 cm³/mol. The number of ether oxygens (including phenoxy) is 2. The molecule has 0 spiro atoms. The Hall–Kier alpha value is -2.24. The van der Waals surface area contributed by atoms with Crippen molar-refractivity contribution in [3.8, 4) is 5.75 Å². The molecule has 1 heterocycles. The van der Waals surface area contributed by atoms with E-state index >= 15 is 0 Å². The van der Waals surface area contributed by atoms with Crippen molar-refractivity contribution in [1.29, 1.82) is 0 Å². The molecule has 2 amide bonds. The molecule has 0 aliphatic carbocycles. The number of nitrogens with zero attached hydrogens (tertiary/aromatic N) is 1. The van der Waals surface area contributed by atoms with Gasteiger partial charge < -0.3 is 19.7 Å². The molecule has 0 bridgehead atoms. The van der Waals surface area contributed by atoms with Crippen LogP contribution in [0.1, 0.15) is 47.5 Å². The standard InChI is InChI=1S/C21H32N2O4/c1-15(2)14-26-18-10-8-17(9-11-18)22-19(24)16-7-6-12-23(13-16)20(25)27-21(3,4)5/h8-11,15-16H,6-7,12-14H2,1-5H3,(H,22,24).